The van der Waals surface area contributed by atoms with Crippen molar-refractivity contribution in [1.29, 1.82) is 0 Å². The molecule has 7 nitrogen and oxygen atoms in total. The summed E-state index contributed by atoms with van der Waals surface area (Å²) < 4.78 is 11.6. The first-order chi connectivity index (χ1) is 14.5. The minimum atomic E-state index is -0.330. The SMILES string of the molecule is CCOc1cc(C(=O)Nc2cccc(C(=O)Nc3ccc(Br)cn3)c2)ccc1OC. The highest BCUT2D eigenvalue weighted by Crippen LogP contribution is 2.28. The summed E-state index contributed by atoms with van der Waals surface area (Å²) in [5, 5.41) is 5.51. The molecule has 0 spiro atoms. The maximum absolute atomic E-state index is 12.7. The minimum Gasteiger partial charge on any atom is -0.493 e. The van der Waals surface area contributed by atoms with E-state index in [-0.39, 0.29) is 11.8 Å². The lowest BCUT2D eigenvalue weighted by Crippen LogP contribution is -2.15. The molecule has 0 aliphatic carbocycles. The smallest absolute Gasteiger partial charge is 0.256 e. The summed E-state index contributed by atoms with van der Waals surface area (Å²) in [5.41, 5.74) is 1.29. The largest absolute Gasteiger partial charge is 0.493 e. The molecule has 1 heterocycles. The first-order valence-corrected chi connectivity index (χ1v) is 9.94. The van der Waals surface area contributed by atoms with E-state index in [0.29, 0.717) is 40.7 Å². The Hall–Kier alpha value is -3.39. The number of ether oxygens (including phenoxy) is 2. The fourth-order valence-electron chi connectivity index (χ4n) is 2.67. The molecule has 0 saturated heterocycles. The number of anilines is 2. The third-order valence-corrected chi connectivity index (χ3v) is 4.55. The van der Waals surface area contributed by atoms with Gasteiger partial charge in [0.15, 0.2) is 11.5 Å². The summed E-state index contributed by atoms with van der Waals surface area (Å²) in [6, 6.07) is 15.1. The molecule has 0 atom stereocenters. The van der Waals surface area contributed by atoms with Crippen LogP contribution >= 0.6 is 15.9 Å². The van der Waals surface area contributed by atoms with Crippen molar-refractivity contribution in [1.82, 2.24) is 4.98 Å². The molecule has 2 aromatic carbocycles. The number of carbonyl (C=O) groups is 2. The number of halogens is 1. The van der Waals surface area contributed by atoms with Gasteiger partial charge in [0.1, 0.15) is 5.82 Å². The predicted molar refractivity (Wildman–Crippen MR) is 118 cm³/mol. The van der Waals surface area contributed by atoms with Crippen LogP contribution in [0.2, 0.25) is 0 Å². The Morgan fingerprint density at radius 3 is 2.43 bits per heavy atom. The number of methoxy groups -OCH3 is 1. The second kappa shape index (κ2) is 9.89. The van der Waals surface area contributed by atoms with Gasteiger partial charge in [-0.05, 0) is 71.4 Å². The number of rotatable bonds is 7. The van der Waals surface area contributed by atoms with E-state index in [1.165, 1.54) is 7.11 Å². The summed E-state index contributed by atoms with van der Waals surface area (Å²) in [4.78, 5) is 29.3. The van der Waals surface area contributed by atoms with E-state index in [0.717, 1.165) is 4.47 Å². The summed E-state index contributed by atoms with van der Waals surface area (Å²) in [5.74, 6) is 0.811. The number of hydrogen-bond acceptors (Lipinski definition) is 5. The zero-order valence-electron chi connectivity index (χ0n) is 16.4. The Kier molecular flexibility index (Phi) is 7.03. The fraction of sp³-hybridized carbons (Fsp3) is 0.136. The Morgan fingerprint density at radius 1 is 0.967 bits per heavy atom. The Balaban J connectivity index is 1.73. The van der Waals surface area contributed by atoms with Gasteiger partial charge in [-0.25, -0.2) is 4.98 Å². The van der Waals surface area contributed by atoms with Gasteiger partial charge in [0.05, 0.1) is 13.7 Å². The van der Waals surface area contributed by atoms with Gasteiger partial charge in [-0.3, -0.25) is 9.59 Å². The van der Waals surface area contributed by atoms with Crippen LogP contribution in [-0.2, 0) is 0 Å². The van der Waals surface area contributed by atoms with Gasteiger partial charge in [0, 0.05) is 27.5 Å². The molecular formula is C22H20BrN3O4. The zero-order chi connectivity index (χ0) is 21.5. The average Bonchev–Trinajstić information content (AvgIpc) is 2.75. The van der Waals surface area contributed by atoms with E-state index in [4.69, 9.17) is 9.47 Å². The molecular weight excluding hydrogens is 450 g/mol. The summed E-state index contributed by atoms with van der Waals surface area (Å²) in [6.07, 6.45) is 1.59. The molecule has 2 N–H and O–H groups in total. The van der Waals surface area contributed by atoms with Gasteiger partial charge in [-0.1, -0.05) is 6.07 Å². The van der Waals surface area contributed by atoms with Gasteiger partial charge in [0.2, 0.25) is 0 Å². The Labute approximate surface area is 182 Å². The lowest BCUT2D eigenvalue weighted by molar-refractivity contribution is 0.101. The maximum atomic E-state index is 12.7. The molecule has 2 amide bonds. The van der Waals surface area contributed by atoms with Crippen molar-refractivity contribution in [2.45, 2.75) is 6.92 Å². The number of carbonyl (C=O) groups excluding carboxylic acids is 2. The van der Waals surface area contributed by atoms with Gasteiger partial charge in [-0.2, -0.15) is 0 Å². The van der Waals surface area contributed by atoms with Crippen molar-refractivity contribution in [3.05, 3.63) is 76.4 Å². The molecule has 0 unspecified atom stereocenters. The third-order valence-electron chi connectivity index (χ3n) is 4.08. The van der Waals surface area contributed by atoms with Crippen LogP contribution in [0.25, 0.3) is 0 Å². The molecule has 0 bridgehead atoms. The van der Waals surface area contributed by atoms with Crippen LogP contribution in [0.5, 0.6) is 11.5 Å². The van der Waals surface area contributed by atoms with E-state index in [1.54, 1.807) is 60.8 Å². The standard InChI is InChI=1S/C22H20BrN3O4/c1-3-30-19-12-15(7-9-18(19)29-2)21(27)25-17-6-4-5-14(11-17)22(28)26-20-10-8-16(23)13-24-20/h4-13H,3H2,1-2H3,(H,25,27)(H,24,26,28). The highest BCUT2D eigenvalue weighted by molar-refractivity contribution is 9.10. The number of aromatic nitrogens is 1. The number of hydrogen-bond donors (Lipinski definition) is 2. The Bertz CT molecular complexity index is 1050. The van der Waals surface area contributed by atoms with E-state index in [2.05, 4.69) is 31.5 Å². The number of amides is 2. The van der Waals surface area contributed by atoms with Gasteiger partial charge < -0.3 is 20.1 Å². The molecule has 0 aliphatic rings. The number of nitrogens with zero attached hydrogens (tertiary/aromatic N) is 1. The lowest BCUT2D eigenvalue weighted by Gasteiger charge is -2.12. The zero-order valence-corrected chi connectivity index (χ0v) is 18.0. The van der Waals surface area contributed by atoms with Crippen molar-refractivity contribution in [2.24, 2.45) is 0 Å². The van der Waals surface area contributed by atoms with Gasteiger partial charge in [0.25, 0.3) is 11.8 Å². The first-order valence-electron chi connectivity index (χ1n) is 9.15. The van der Waals surface area contributed by atoms with Crippen molar-refractivity contribution in [2.75, 3.05) is 24.4 Å². The highest BCUT2D eigenvalue weighted by atomic mass is 79.9. The quantitative estimate of drug-likeness (QED) is 0.520. The van der Waals surface area contributed by atoms with E-state index in [9.17, 15) is 9.59 Å². The summed E-state index contributed by atoms with van der Waals surface area (Å²) in [6.45, 7) is 2.30. The molecule has 0 fully saturated rings. The lowest BCUT2D eigenvalue weighted by atomic mass is 10.1. The van der Waals surface area contributed by atoms with Crippen LogP contribution in [-0.4, -0.2) is 30.5 Å². The second-order valence-electron chi connectivity index (χ2n) is 6.15. The Morgan fingerprint density at radius 2 is 1.73 bits per heavy atom. The van der Waals surface area contributed by atoms with Crippen molar-refractivity contribution >= 4 is 39.2 Å². The van der Waals surface area contributed by atoms with Crippen LogP contribution < -0.4 is 20.1 Å². The van der Waals surface area contributed by atoms with Gasteiger partial charge in [-0.15, -0.1) is 0 Å². The number of benzene rings is 2. The van der Waals surface area contributed by atoms with Crippen LogP contribution in [0.4, 0.5) is 11.5 Å². The number of pyridine rings is 1. The van der Waals surface area contributed by atoms with Crippen molar-refractivity contribution in [3.8, 4) is 11.5 Å². The number of nitrogens with one attached hydrogen (secondary N) is 2. The van der Waals surface area contributed by atoms with Crippen molar-refractivity contribution < 1.29 is 19.1 Å². The van der Waals surface area contributed by atoms with Crippen molar-refractivity contribution in [3.63, 3.8) is 0 Å². The van der Waals surface area contributed by atoms with E-state index < -0.39 is 0 Å². The summed E-state index contributed by atoms with van der Waals surface area (Å²) in [7, 11) is 1.54. The molecule has 0 radical (unpaired) electrons. The molecule has 30 heavy (non-hydrogen) atoms. The molecule has 3 rings (SSSR count). The van der Waals surface area contributed by atoms with E-state index >= 15 is 0 Å². The molecule has 3 aromatic rings. The molecule has 1 aromatic heterocycles. The molecule has 0 saturated carbocycles. The average molecular weight is 470 g/mol. The second-order valence-corrected chi connectivity index (χ2v) is 7.07. The fourth-order valence-corrected chi connectivity index (χ4v) is 2.90. The molecule has 8 heteroatoms. The van der Waals surface area contributed by atoms with Crippen LogP contribution in [0.15, 0.2) is 65.3 Å². The van der Waals surface area contributed by atoms with Crippen LogP contribution in [0.3, 0.4) is 0 Å². The van der Waals surface area contributed by atoms with Crippen LogP contribution in [0.1, 0.15) is 27.6 Å². The van der Waals surface area contributed by atoms with E-state index in [1.807, 2.05) is 6.92 Å². The summed E-state index contributed by atoms with van der Waals surface area (Å²) >= 11 is 3.30. The first kappa shape index (κ1) is 21.3. The predicted octanol–water partition coefficient (Wildman–Crippen LogP) is 4.76. The highest BCUT2D eigenvalue weighted by Gasteiger charge is 2.13. The minimum absolute atomic E-state index is 0.328. The topological polar surface area (TPSA) is 89.5 Å². The third kappa shape index (κ3) is 5.36. The monoisotopic (exact) mass is 469 g/mol. The normalized spacial score (nSPS) is 10.2. The van der Waals surface area contributed by atoms with Crippen LogP contribution in [0, 0.1) is 0 Å². The molecule has 154 valence electrons. The maximum Gasteiger partial charge on any atom is 0.256 e. The van der Waals surface area contributed by atoms with Gasteiger partial charge >= 0.3 is 0 Å². The molecule has 0 aliphatic heterocycles.